The molecular weight excluding hydrogens is 389 g/mol. The number of nitrogens with one attached hydrogen (secondary N) is 1. The first-order chi connectivity index (χ1) is 11.9. The number of amides is 1. The van der Waals surface area contributed by atoms with Gasteiger partial charge in [0.2, 0.25) is 0 Å². The molecule has 0 spiro atoms. The predicted octanol–water partition coefficient (Wildman–Crippen LogP) is 4.77. The van der Waals surface area contributed by atoms with Gasteiger partial charge in [-0.15, -0.1) is 0 Å². The lowest BCUT2D eigenvalue weighted by Gasteiger charge is -2.08. The van der Waals surface area contributed by atoms with Crippen molar-refractivity contribution in [1.29, 1.82) is 0 Å². The van der Waals surface area contributed by atoms with Crippen LogP contribution in [0.5, 0.6) is 5.75 Å². The minimum absolute atomic E-state index is 0.0391. The highest BCUT2D eigenvalue weighted by Crippen LogP contribution is 2.34. The number of carbonyl (C=O) groups is 1. The van der Waals surface area contributed by atoms with E-state index in [1.165, 1.54) is 37.4 Å². The number of halogens is 2. The Balaban J connectivity index is 1.88. The van der Waals surface area contributed by atoms with E-state index in [2.05, 4.69) is 10.3 Å². The molecule has 0 fully saturated rings. The minimum atomic E-state index is -0.487. The van der Waals surface area contributed by atoms with Gasteiger partial charge in [0, 0.05) is 17.7 Å². The first-order valence-corrected chi connectivity index (χ1v) is 8.35. The molecule has 10 heteroatoms. The molecule has 0 saturated carbocycles. The molecule has 3 aromatic rings. The van der Waals surface area contributed by atoms with E-state index in [1.807, 2.05) is 0 Å². The summed E-state index contributed by atoms with van der Waals surface area (Å²) in [5.74, 6) is -0.174. The van der Waals surface area contributed by atoms with E-state index in [1.54, 1.807) is 0 Å². The van der Waals surface area contributed by atoms with Crippen LogP contribution >= 0.6 is 34.5 Å². The lowest BCUT2D eigenvalue weighted by atomic mass is 10.2. The number of hydrogen-bond donors (Lipinski definition) is 1. The number of carbonyl (C=O) groups excluding carboxylic acids is 1. The molecule has 0 unspecified atom stereocenters. The van der Waals surface area contributed by atoms with E-state index in [-0.39, 0.29) is 27.0 Å². The summed E-state index contributed by atoms with van der Waals surface area (Å²) in [6.45, 7) is 0. The van der Waals surface area contributed by atoms with Crippen LogP contribution in [0.4, 0.5) is 10.8 Å². The van der Waals surface area contributed by atoms with Crippen molar-refractivity contribution in [3.05, 3.63) is 56.1 Å². The summed E-state index contributed by atoms with van der Waals surface area (Å²) in [5, 5.41) is 14.2. The quantitative estimate of drug-likeness (QED) is 0.505. The van der Waals surface area contributed by atoms with Gasteiger partial charge in [0.1, 0.15) is 0 Å². The van der Waals surface area contributed by atoms with Crippen LogP contribution in [-0.2, 0) is 0 Å². The summed E-state index contributed by atoms with van der Waals surface area (Å²) in [6.07, 6.45) is 0. The topological polar surface area (TPSA) is 94.4 Å². The smallest absolute Gasteiger partial charge is 0.270 e. The predicted molar refractivity (Wildman–Crippen MR) is 97.2 cm³/mol. The SMILES string of the molecule is COc1c(Cl)cc(C(=O)Nc2nc3ccc([N+](=O)[O-])cc3s2)cc1Cl. The van der Waals surface area contributed by atoms with Crippen molar-refractivity contribution in [2.24, 2.45) is 0 Å². The molecule has 1 heterocycles. The van der Waals surface area contributed by atoms with Gasteiger partial charge in [-0.25, -0.2) is 4.98 Å². The van der Waals surface area contributed by atoms with Crippen LogP contribution in [0.25, 0.3) is 10.2 Å². The monoisotopic (exact) mass is 397 g/mol. The molecule has 0 aliphatic carbocycles. The van der Waals surface area contributed by atoms with Gasteiger partial charge in [-0.1, -0.05) is 34.5 Å². The number of non-ortho nitro benzene ring substituents is 1. The number of nitro benzene ring substituents is 1. The number of ether oxygens (including phenoxy) is 1. The Kier molecular flexibility index (Phi) is 4.76. The van der Waals surface area contributed by atoms with Crippen molar-refractivity contribution in [3.8, 4) is 5.75 Å². The van der Waals surface area contributed by atoms with E-state index in [4.69, 9.17) is 27.9 Å². The highest BCUT2D eigenvalue weighted by atomic mass is 35.5. The van der Waals surface area contributed by atoms with Crippen molar-refractivity contribution in [3.63, 3.8) is 0 Å². The number of fused-ring (bicyclic) bond motifs is 1. The lowest BCUT2D eigenvalue weighted by molar-refractivity contribution is -0.384. The van der Waals surface area contributed by atoms with E-state index in [9.17, 15) is 14.9 Å². The molecule has 1 aromatic heterocycles. The highest BCUT2D eigenvalue weighted by Gasteiger charge is 2.16. The summed E-state index contributed by atoms with van der Waals surface area (Å²) in [5.41, 5.74) is 0.750. The van der Waals surface area contributed by atoms with E-state index in [0.717, 1.165) is 11.3 Å². The molecule has 128 valence electrons. The van der Waals surface area contributed by atoms with Crippen LogP contribution in [0.3, 0.4) is 0 Å². The second-order valence-corrected chi connectivity index (χ2v) is 6.70. The van der Waals surface area contributed by atoms with Gasteiger partial charge in [-0.05, 0) is 18.2 Å². The second kappa shape index (κ2) is 6.83. The maximum Gasteiger partial charge on any atom is 0.270 e. The zero-order valence-electron chi connectivity index (χ0n) is 12.6. The number of aromatic nitrogens is 1. The van der Waals surface area contributed by atoms with Crippen LogP contribution in [0.15, 0.2) is 30.3 Å². The lowest BCUT2D eigenvalue weighted by Crippen LogP contribution is -2.11. The molecular formula is C15H9Cl2N3O4S. The Morgan fingerprint density at radius 1 is 1.28 bits per heavy atom. The fourth-order valence-corrected chi connectivity index (χ4v) is 3.67. The van der Waals surface area contributed by atoms with E-state index < -0.39 is 10.8 Å². The molecule has 0 saturated heterocycles. The standard InChI is InChI=1S/C15H9Cl2N3O4S/c1-24-13-9(16)4-7(5-10(13)17)14(21)19-15-18-11-3-2-8(20(22)23)6-12(11)25-15/h2-6H,1H3,(H,18,19,21). The third kappa shape index (κ3) is 3.51. The zero-order chi connectivity index (χ0) is 18.1. The van der Waals surface area contributed by atoms with Crippen molar-refractivity contribution < 1.29 is 14.5 Å². The highest BCUT2D eigenvalue weighted by molar-refractivity contribution is 7.22. The zero-order valence-corrected chi connectivity index (χ0v) is 14.9. The fraction of sp³-hybridized carbons (Fsp3) is 0.0667. The normalized spacial score (nSPS) is 10.7. The Morgan fingerprint density at radius 2 is 1.96 bits per heavy atom. The van der Waals surface area contributed by atoms with Crippen LogP contribution < -0.4 is 10.1 Å². The number of nitro groups is 1. The van der Waals surface area contributed by atoms with Crippen LogP contribution in [0.2, 0.25) is 10.0 Å². The third-order valence-electron chi connectivity index (χ3n) is 3.27. The van der Waals surface area contributed by atoms with E-state index in [0.29, 0.717) is 15.3 Å². The Labute approximate surface area is 155 Å². The van der Waals surface area contributed by atoms with Crippen LogP contribution in [-0.4, -0.2) is 22.9 Å². The van der Waals surface area contributed by atoms with Gasteiger partial charge in [0.15, 0.2) is 10.9 Å². The van der Waals surface area contributed by atoms with Crippen molar-refractivity contribution in [1.82, 2.24) is 4.98 Å². The Hall–Kier alpha value is -2.42. The number of nitrogens with zero attached hydrogens (tertiary/aromatic N) is 2. The minimum Gasteiger partial charge on any atom is -0.494 e. The Bertz CT molecular complexity index is 983. The number of methoxy groups -OCH3 is 1. The van der Waals surface area contributed by atoms with Gasteiger partial charge in [0.05, 0.1) is 32.3 Å². The average Bonchev–Trinajstić information content (AvgIpc) is 2.95. The van der Waals surface area contributed by atoms with E-state index >= 15 is 0 Å². The first-order valence-electron chi connectivity index (χ1n) is 6.78. The molecule has 0 atom stereocenters. The number of benzene rings is 2. The molecule has 1 amide bonds. The molecule has 0 aliphatic heterocycles. The maximum absolute atomic E-state index is 12.4. The second-order valence-electron chi connectivity index (χ2n) is 4.86. The number of anilines is 1. The van der Waals surface area contributed by atoms with Crippen molar-refractivity contribution in [2.45, 2.75) is 0 Å². The third-order valence-corrected chi connectivity index (χ3v) is 4.76. The summed E-state index contributed by atoms with van der Waals surface area (Å²) in [6, 6.07) is 7.15. The number of thiazole rings is 1. The van der Waals surface area contributed by atoms with Gasteiger partial charge in [-0.3, -0.25) is 20.2 Å². The van der Waals surface area contributed by atoms with Crippen LogP contribution in [0, 0.1) is 10.1 Å². The molecule has 0 aliphatic rings. The van der Waals surface area contributed by atoms with Gasteiger partial charge >= 0.3 is 0 Å². The molecule has 0 radical (unpaired) electrons. The van der Waals surface area contributed by atoms with Gasteiger partial charge in [0.25, 0.3) is 11.6 Å². The molecule has 0 bridgehead atoms. The fourth-order valence-electron chi connectivity index (χ4n) is 2.14. The van der Waals surface area contributed by atoms with Crippen molar-refractivity contribution >= 4 is 61.5 Å². The summed E-state index contributed by atoms with van der Waals surface area (Å²) < 4.78 is 5.63. The van der Waals surface area contributed by atoms with Gasteiger partial charge < -0.3 is 4.74 Å². The summed E-state index contributed by atoms with van der Waals surface area (Å²) in [7, 11) is 1.42. The molecule has 25 heavy (non-hydrogen) atoms. The summed E-state index contributed by atoms with van der Waals surface area (Å²) in [4.78, 5) is 26.9. The number of hydrogen-bond acceptors (Lipinski definition) is 6. The maximum atomic E-state index is 12.4. The first kappa shape index (κ1) is 17.4. The molecule has 1 N–H and O–H groups in total. The van der Waals surface area contributed by atoms with Gasteiger partial charge in [-0.2, -0.15) is 0 Å². The molecule has 3 rings (SSSR count). The van der Waals surface area contributed by atoms with Crippen molar-refractivity contribution in [2.75, 3.05) is 12.4 Å². The Morgan fingerprint density at radius 3 is 2.56 bits per heavy atom. The molecule has 2 aromatic carbocycles. The van der Waals surface area contributed by atoms with Crippen LogP contribution in [0.1, 0.15) is 10.4 Å². The summed E-state index contributed by atoms with van der Waals surface area (Å²) >= 11 is 13.2. The number of rotatable bonds is 4. The largest absolute Gasteiger partial charge is 0.494 e. The average molecular weight is 398 g/mol. The molecule has 7 nitrogen and oxygen atoms in total.